The van der Waals surface area contributed by atoms with Gasteiger partial charge < -0.3 is 5.11 Å². The number of aromatic amines is 1. The van der Waals surface area contributed by atoms with Crippen molar-refractivity contribution >= 4 is 5.97 Å². The molecule has 4 heteroatoms. The Morgan fingerprint density at radius 3 is 3.15 bits per heavy atom. The summed E-state index contributed by atoms with van der Waals surface area (Å²) < 4.78 is 0. The van der Waals surface area contributed by atoms with Crippen LogP contribution >= 0.6 is 0 Å². The van der Waals surface area contributed by atoms with Crippen LogP contribution in [-0.4, -0.2) is 21.3 Å². The largest absolute Gasteiger partial charge is 0.481 e. The highest BCUT2D eigenvalue weighted by Gasteiger charge is 2.26. The van der Waals surface area contributed by atoms with Gasteiger partial charge in [-0.2, -0.15) is 5.10 Å². The van der Waals surface area contributed by atoms with E-state index in [4.69, 9.17) is 5.11 Å². The van der Waals surface area contributed by atoms with Gasteiger partial charge in [-0.05, 0) is 31.7 Å². The molecule has 0 fully saturated rings. The number of carbonyl (C=O) groups is 1. The first-order valence-electron chi connectivity index (χ1n) is 4.44. The summed E-state index contributed by atoms with van der Waals surface area (Å²) in [7, 11) is 0. The fraction of sp³-hybridized carbons (Fsp3) is 0.556. The number of hydrogen-bond acceptors (Lipinski definition) is 2. The predicted octanol–water partition coefficient (Wildman–Crippen LogP) is 0.908. The van der Waals surface area contributed by atoms with Gasteiger partial charge in [0.1, 0.15) is 0 Å². The van der Waals surface area contributed by atoms with Crippen molar-refractivity contribution in [3.05, 3.63) is 17.0 Å². The Labute approximate surface area is 76.0 Å². The fourth-order valence-electron chi connectivity index (χ4n) is 1.85. The van der Waals surface area contributed by atoms with Crippen LogP contribution in [0.25, 0.3) is 0 Å². The lowest BCUT2D eigenvalue weighted by Gasteiger charge is -2.17. The van der Waals surface area contributed by atoms with Crippen molar-refractivity contribution < 1.29 is 9.90 Å². The molecule has 4 nitrogen and oxygen atoms in total. The van der Waals surface area contributed by atoms with Crippen molar-refractivity contribution in [1.29, 1.82) is 0 Å². The van der Waals surface area contributed by atoms with E-state index in [1.54, 1.807) is 0 Å². The van der Waals surface area contributed by atoms with E-state index in [1.807, 2.05) is 6.92 Å². The molecule has 13 heavy (non-hydrogen) atoms. The second kappa shape index (κ2) is 2.87. The second-order valence-electron chi connectivity index (χ2n) is 3.55. The van der Waals surface area contributed by atoms with Gasteiger partial charge in [0.2, 0.25) is 0 Å². The molecule has 0 bridgehead atoms. The quantitative estimate of drug-likeness (QED) is 0.675. The Balaban J connectivity index is 2.27. The Morgan fingerprint density at radius 1 is 1.69 bits per heavy atom. The van der Waals surface area contributed by atoms with Crippen molar-refractivity contribution in [2.45, 2.75) is 26.2 Å². The first kappa shape index (κ1) is 8.29. The molecule has 70 valence electrons. The summed E-state index contributed by atoms with van der Waals surface area (Å²) in [6.07, 6.45) is 2.14. The number of fused-ring (bicyclic) bond motifs is 1. The topological polar surface area (TPSA) is 66.0 Å². The number of aliphatic carboxylic acids is 1. The lowest BCUT2D eigenvalue weighted by atomic mass is 9.87. The third-order valence-corrected chi connectivity index (χ3v) is 2.69. The van der Waals surface area contributed by atoms with Crippen LogP contribution in [-0.2, 0) is 17.6 Å². The Morgan fingerprint density at radius 2 is 2.46 bits per heavy atom. The highest BCUT2D eigenvalue weighted by atomic mass is 16.4. The number of rotatable bonds is 1. The van der Waals surface area contributed by atoms with Gasteiger partial charge in [-0.15, -0.1) is 0 Å². The normalized spacial score (nSPS) is 21.2. The molecule has 0 saturated heterocycles. The molecule has 0 radical (unpaired) electrons. The monoisotopic (exact) mass is 180 g/mol. The molecule has 1 aromatic heterocycles. The van der Waals surface area contributed by atoms with Gasteiger partial charge in [0, 0.05) is 5.69 Å². The molecule has 1 heterocycles. The third-order valence-electron chi connectivity index (χ3n) is 2.69. The molecule has 1 aromatic rings. The van der Waals surface area contributed by atoms with Gasteiger partial charge in [0.05, 0.1) is 11.6 Å². The summed E-state index contributed by atoms with van der Waals surface area (Å²) in [6, 6.07) is 0. The number of carboxylic acid groups (broad SMARTS) is 1. The van der Waals surface area contributed by atoms with Crippen molar-refractivity contribution in [1.82, 2.24) is 10.2 Å². The van der Waals surface area contributed by atoms with Crippen molar-refractivity contribution in [2.24, 2.45) is 5.92 Å². The highest BCUT2D eigenvalue weighted by molar-refractivity contribution is 5.71. The van der Waals surface area contributed by atoms with E-state index >= 15 is 0 Å². The number of aromatic nitrogens is 2. The fourth-order valence-corrected chi connectivity index (χ4v) is 1.85. The van der Waals surface area contributed by atoms with Crippen LogP contribution in [0.3, 0.4) is 0 Å². The number of nitrogens with one attached hydrogen (secondary N) is 1. The summed E-state index contributed by atoms with van der Waals surface area (Å²) in [5, 5.41) is 15.9. The standard InChI is InChI=1S/C9H12N2O2/c1-5-7-4-6(9(12)13)2-3-8(7)11-10-5/h6H,2-4H2,1H3,(H,10,11)(H,12,13)/t6-/m0/s1. The van der Waals surface area contributed by atoms with Crippen molar-refractivity contribution in [3.8, 4) is 0 Å². The lowest BCUT2D eigenvalue weighted by molar-refractivity contribution is -0.142. The first-order valence-corrected chi connectivity index (χ1v) is 4.44. The van der Waals surface area contributed by atoms with Crippen LogP contribution in [0.5, 0.6) is 0 Å². The van der Waals surface area contributed by atoms with E-state index in [1.165, 1.54) is 0 Å². The average Bonchev–Trinajstić information content (AvgIpc) is 2.47. The van der Waals surface area contributed by atoms with Gasteiger partial charge in [0.25, 0.3) is 0 Å². The number of aryl methyl sites for hydroxylation is 2. The van der Waals surface area contributed by atoms with E-state index in [0.717, 1.165) is 23.4 Å². The van der Waals surface area contributed by atoms with Gasteiger partial charge >= 0.3 is 5.97 Å². The van der Waals surface area contributed by atoms with Crippen LogP contribution in [0.4, 0.5) is 0 Å². The molecule has 2 N–H and O–H groups in total. The maximum Gasteiger partial charge on any atom is 0.306 e. The zero-order chi connectivity index (χ0) is 9.42. The molecular weight excluding hydrogens is 168 g/mol. The molecular formula is C9H12N2O2. The summed E-state index contributed by atoms with van der Waals surface area (Å²) in [5.74, 6) is -0.907. The number of H-pyrrole nitrogens is 1. The van der Waals surface area contributed by atoms with E-state index < -0.39 is 5.97 Å². The molecule has 1 aliphatic carbocycles. The lowest BCUT2D eigenvalue weighted by Crippen LogP contribution is -2.22. The molecule has 0 amide bonds. The van der Waals surface area contributed by atoms with E-state index in [2.05, 4.69) is 10.2 Å². The summed E-state index contributed by atoms with van der Waals surface area (Å²) >= 11 is 0. The van der Waals surface area contributed by atoms with E-state index in [9.17, 15) is 4.79 Å². The molecule has 0 aromatic carbocycles. The molecule has 0 unspecified atom stereocenters. The average molecular weight is 180 g/mol. The minimum atomic E-state index is -0.689. The zero-order valence-corrected chi connectivity index (χ0v) is 7.50. The van der Waals surface area contributed by atoms with Crippen LogP contribution < -0.4 is 0 Å². The van der Waals surface area contributed by atoms with Crippen LogP contribution in [0, 0.1) is 12.8 Å². The molecule has 0 spiro atoms. The van der Waals surface area contributed by atoms with Crippen LogP contribution in [0.1, 0.15) is 23.4 Å². The minimum absolute atomic E-state index is 0.219. The van der Waals surface area contributed by atoms with Gasteiger partial charge in [-0.3, -0.25) is 9.89 Å². The number of hydrogen-bond donors (Lipinski definition) is 2. The number of nitrogens with zero attached hydrogens (tertiary/aromatic N) is 1. The van der Waals surface area contributed by atoms with Crippen molar-refractivity contribution in [3.63, 3.8) is 0 Å². The maximum atomic E-state index is 10.8. The Bertz CT molecular complexity index is 343. The van der Waals surface area contributed by atoms with Crippen LogP contribution in [0.2, 0.25) is 0 Å². The van der Waals surface area contributed by atoms with Crippen LogP contribution in [0.15, 0.2) is 0 Å². The van der Waals surface area contributed by atoms with Gasteiger partial charge in [0.15, 0.2) is 0 Å². The van der Waals surface area contributed by atoms with E-state index in [-0.39, 0.29) is 5.92 Å². The second-order valence-corrected chi connectivity index (χ2v) is 3.55. The predicted molar refractivity (Wildman–Crippen MR) is 46.5 cm³/mol. The molecule has 0 aliphatic heterocycles. The zero-order valence-electron chi connectivity index (χ0n) is 7.50. The number of carboxylic acids is 1. The molecule has 2 rings (SSSR count). The molecule has 0 saturated carbocycles. The summed E-state index contributed by atoms with van der Waals surface area (Å²) in [6.45, 7) is 1.94. The Kier molecular flexibility index (Phi) is 1.83. The van der Waals surface area contributed by atoms with Gasteiger partial charge in [-0.1, -0.05) is 0 Å². The third kappa shape index (κ3) is 1.32. The molecule has 1 atom stereocenters. The molecule has 1 aliphatic rings. The smallest absolute Gasteiger partial charge is 0.306 e. The minimum Gasteiger partial charge on any atom is -0.481 e. The first-order chi connectivity index (χ1) is 6.18. The summed E-state index contributed by atoms with van der Waals surface area (Å²) in [5.41, 5.74) is 3.18. The summed E-state index contributed by atoms with van der Waals surface area (Å²) in [4.78, 5) is 10.8. The van der Waals surface area contributed by atoms with Gasteiger partial charge in [-0.25, -0.2) is 0 Å². The Hall–Kier alpha value is -1.32. The van der Waals surface area contributed by atoms with E-state index in [0.29, 0.717) is 12.8 Å². The highest BCUT2D eigenvalue weighted by Crippen LogP contribution is 2.25. The maximum absolute atomic E-state index is 10.8. The SMILES string of the molecule is Cc1[nH]nc2c1C[C@@H](C(=O)O)CC2. The van der Waals surface area contributed by atoms with Crippen molar-refractivity contribution in [2.75, 3.05) is 0 Å².